The Morgan fingerprint density at radius 2 is 2.00 bits per heavy atom. The molecule has 0 N–H and O–H groups in total. The Hall–Kier alpha value is -0.243. The van der Waals surface area contributed by atoms with Gasteiger partial charge in [-0.25, -0.2) is 0 Å². The highest BCUT2D eigenvalue weighted by atomic mass is 28.2. The van der Waals surface area contributed by atoms with Gasteiger partial charge in [-0.05, 0) is 25.3 Å². The molecule has 0 aromatic rings. The minimum atomic E-state index is 0.859. The highest BCUT2D eigenvalue weighted by molar-refractivity contribution is 5.98. The zero-order valence-corrected chi connectivity index (χ0v) is 8.73. The Labute approximate surface area is 66.0 Å². The molecule has 0 aliphatic heterocycles. The molecule has 1 rings (SSSR count). The van der Waals surface area contributed by atoms with Crippen LogP contribution in [0.4, 0.5) is 0 Å². The van der Waals surface area contributed by atoms with E-state index in [1.807, 2.05) is 0 Å². The van der Waals surface area contributed by atoms with E-state index in [0.29, 0.717) is 0 Å². The summed E-state index contributed by atoms with van der Waals surface area (Å²) in [6.45, 7) is 0. The zero-order chi connectivity index (χ0) is 7.23. The van der Waals surface area contributed by atoms with E-state index in [2.05, 4.69) is 6.08 Å². The Kier molecular flexibility index (Phi) is 3.58. The summed E-state index contributed by atoms with van der Waals surface area (Å²) in [5.41, 5.74) is 0. The molecule has 1 aliphatic carbocycles. The van der Waals surface area contributed by atoms with Crippen LogP contribution in [-0.4, -0.2) is 10.5 Å². The molecule has 0 atom stereocenters. The molecule has 1 nitrogen and oxygen atoms in total. The van der Waals surface area contributed by atoms with Gasteiger partial charge in [0.1, 0.15) is 0 Å². The predicted octanol–water partition coefficient (Wildman–Crippen LogP) is 1.52. The van der Waals surface area contributed by atoms with Gasteiger partial charge in [0.25, 0.3) is 0 Å². The van der Waals surface area contributed by atoms with Crippen LogP contribution < -0.4 is 0 Å². The highest BCUT2D eigenvalue weighted by Gasteiger charge is 1.99. The molecular formula is C8H16OSi. The molecule has 0 amide bonds. The first-order chi connectivity index (χ1) is 4.93. The van der Waals surface area contributed by atoms with E-state index in [9.17, 15) is 0 Å². The summed E-state index contributed by atoms with van der Waals surface area (Å²) in [5, 5.41) is 0. The van der Waals surface area contributed by atoms with Crippen molar-refractivity contribution >= 4 is 10.5 Å². The Balaban J connectivity index is 2.35. The van der Waals surface area contributed by atoms with E-state index in [4.69, 9.17) is 4.43 Å². The second-order valence-corrected chi connectivity index (χ2v) is 3.24. The van der Waals surface area contributed by atoms with E-state index in [1.165, 1.54) is 44.3 Å². The van der Waals surface area contributed by atoms with E-state index in [-0.39, 0.29) is 0 Å². The lowest BCUT2D eigenvalue weighted by atomic mass is 10.1. The van der Waals surface area contributed by atoms with E-state index in [0.717, 1.165) is 10.5 Å². The zero-order valence-electron chi connectivity index (χ0n) is 6.73. The second kappa shape index (κ2) is 4.55. The first kappa shape index (κ1) is 7.86. The van der Waals surface area contributed by atoms with Gasteiger partial charge in [0.05, 0.1) is 5.76 Å². The second-order valence-electron chi connectivity index (χ2n) is 2.83. The molecule has 0 heterocycles. The van der Waals surface area contributed by atoms with Crippen LogP contribution in [0.2, 0.25) is 0 Å². The van der Waals surface area contributed by atoms with Gasteiger partial charge in [-0.2, -0.15) is 0 Å². The van der Waals surface area contributed by atoms with Crippen molar-refractivity contribution in [3.8, 4) is 0 Å². The number of hydrogen-bond donors (Lipinski definition) is 0. The third-order valence-electron chi connectivity index (χ3n) is 2.01. The van der Waals surface area contributed by atoms with Crippen LogP contribution in [0.3, 0.4) is 0 Å². The molecule has 1 aliphatic rings. The van der Waals surface area contributed by atoms with Gasteiger partial charge < -0.3 is 4.43 Å². The quantitative estimate of drug-likeness (QED) is 0.523. The molecule has 0 fully saturated rings. The molecule has 0 aromatic carbocycles. The van der Waals surface area contributed by atoms with E-state index < -0.39 is 0 Å². The van der Waals surface area contributed by atoms with Crippen molar-refractivity contribution in [3.05, 3.63) is 11.8 Å². The Morgan fingerprint density at radius 1 is 1.20 bits per heavy atom. The summed E-state index contributed by atoms with van der Waals surface area (Å²) < 4.78 is 5.33. The van der Waals surface area contributed by atoms with Crippen molar-refractivity contribution in [2.75, 3.05) is 0 Å². The van der Waals surface area contributed by atoms with Gasteiger partial charge in [0.2, 0.25) is 10.5 Å². The smallest absolute Gasteiger partial charge is 0.203 e. The van der Waals surface area contributed by atoms with Crippen LogP contribution in [0, 0.1) is 0 Å². The van der Waals surface area contributed by atoms with E-state index >= 15 is 0 Å². The molecule has 0 radical (unpaired) electrons. The molecule has 0 unspecified atom stereocenters. The fourth-order valence-corrected chi connectivity index (χ4v) is 1.72. The van der Waals surface area contributed by atoms with Crippen molar-refractivity contribution in [3.63, 3.8) is 0 Å². The maximum Gasteiger partial charge on any atom is 0.203 e. The first-order valence-electron chi connectivity index (χ1n) is 4.16. The van der Waals surface area contributed by atoms with Crippen LogP contribution in [0.1, 0.15) is 38.5 Å². The van der Waals surface area contributed by atoms with Crippen LogP contribution in [0.25, 0.3) is 0 Å². The van der Waals surface area contributed by atoms with Gasteiger partial charge in [-0.1, -0.05) is 12.8 Å². The fourth-order valence-electron chi connectivity index (χ4n) is 1.35. The molecule has 0 spiro atoms. The summed E-state index contributed by atoms with van der Waals surface area (Å²) in [6.07, 6.45) is 10.2. The van der Waals surface area contributed by atoms with Crippen LogP contribution in [-0.2, 0) is 4.43 Å². The van der Waals surface area contributed by atoms with Crippen LogP contribution in [0.15, 0.2) is 11.8 Å². The summed E-state index contributed by atoms with van der Waals surface area (Å²) in [7, 11) is 0.859. The number of allylic oxidation sites excluding steroid dienone is 2. The maximum atomic E-state index is 5.33. The molecule has 0 saturated carbocycles. The highest BCUT2D eigenvalue weighted by Crippen LogP contribution is 2.16. The van der Waals surface area contributed by atoms with Crippen LogP contribution >= 0.6 is 0 Å². The lowest BCUT2D eigenvalue weighted by Gasteiger charge is -2.09. The average Bonchev–Trinajstić information content (AvgIpc) is 1.87. The van der Waals surface area contributed by atoms with Crippen LogP contribution in [0.5, 0.6) is 0 Å². The third kappa shape index (κ3) is 2.56. The van der Waals surface area contributed by atoms with Gasteiger partial charge in [-0.3, -0.25) is 0 Å². The maximum absolute atomic E-state index is 5.33. The molecule has 10 heavy (non-hydrogen) atoms. The predicted molar refractivity (Wildman–Crippen MR) is 46.8 cm³/mol. The Morgan fingerprint density at radius 3 is 2.80 bits per heavy atom. The van der Waals surface area contributed by atoms with E-state index in [1.54, 1.807) is 0 Å². The Bertz CT molecular complexity index is 120. The first-order valence-corrected chi connectivity index (χ1v) is 4.98. The number of rotatable bonds is 1. The van der Waals surface area contributed by atoms with Gasteiger partial charge in [0.15, 0.2) is 0 Å². The summed E-state index contributed by atoms with van der Waals surface area (Å²) in [4.78, 5) is 0. The molecule has 0 saturated heterocycles. The fraction of sp³-hybridized carbons (Fsp3) is 0.750. The monoisotopic (exact) mass is 156 g/mol. The van der Waals surface area contributed by atoms with Crippen molar-refractivity contribution in [2.45, 2.75) is 38.5 Å². The van der Waals surface area contributed by atoms with Crippen molar-refractivity contribution in [1.29, 1.82) is 0 Å². The van der Waals surface area contributed by atoms with Crippen molar-refractivity contribution in [2.24, 2.45) is 0 Å². The molecule has 0 bridgehead atoms. The topological polar surface area (TPSA) is 9.23 Å². The summed E-state index contributed by atoms with van der Waals surface area (Å²) in [5.74, 6) is 1.26. The van der Waals surface area contributed by atoms with Crippen molar-refractivity contribution in [1.82, 2.24) is 0 Å². The summed E-state index contributed by atoms with van der Waals surface area (Å²) >= 11 is 0. The van der Waals surface area contributed by atoms with Gasteiger partial charge in [-0.15, -0.1) is 0 Å². The average molecular weight is 156 g/mol. The minimum absolute atomic E-state index is 0.859. The SMILES string of the molecule is [SiH3]O/C1=C/CCCCCC1. The van der Waals surface area contributed by atoms with Crippen molar-refractivity contribution < 1.29 is 4.43 Å². The van der Waals surface area contributed by atoms with Gasteiger partial charge >= 0.3 is 0 Å². The largest absolute Gasteiger partial charge is 0.556 e. The lowest BCUT2D eigenvalue weighted by Crippen LogP contribution is -1.92. The third-order valence-corrected chi connectivity index (χ3v) is 2.54. The molecular weight excluding hydrogens is 140 g/mol. The molecule has 2 heteroatoms. The lowest BCUT2D eigenvalue weighted by molar-refractivity contribution is 0.420. The summed E-state index contributed by atoms with van der Waals surface area (Å²) in [6, 6.07) is 0. The number of hydrogen-bond acceptors (Lipinski definition) is 1. The standard InChI is InChI=1S/C8H16OSi/c10-9-8-6-4-2-1-3-5-7-8/h6H,1-5,7H2,10H3/b8-6+. The molecule has 58 valence electrons. The minimum Gasteiger partial charge on any atom is -0.556 e. The van der Waals surface area contributed by atoms with Gasteiger partial charge in [0, 0.05) is 6.42 Å². The normalized spacial score (nSPS) is 26.2. The molecule has 0 aromatic heterocycles.